The molecule has 0 aromatic heterocycles. The van der Waals surface area contributed by atoms with Gasteiger partial charge in [0.2, 0.25) is 15.9 Å². The zero-order valence-electron chi connectivity index (χ0n) is 16.8. The molecule has 8 heteroatoms. The zero-order chi connectivity index (χ0) is 21.0. The first-order valence-corrected chi connectivity index (χ1v) is 10.9. The fourth-order valence-electron chi connectivity index (χ4n) is 3.36. The largest absolute Gasteiger partial charge is 0.497 e. The van der Waals surface area contributed by atoms with Gasteiger partial charge in [-0.25, -0.2) is 8.42 Å². The standard InChI is InChI=1S/C21H26N2O5S/c1-15-13-23(14-16(2)28-15)29(25,26)20-9-7-18(8-10-20)22-21(24)12-17-5-4-6-19(11-17)27-3/h4-11,15-16H,12-14H2,1-3H3,(H,22,24)/t15-,16-/m1/s1. The van der Waals surface area contributed by atoms with Crippen molar-refractivity contribution in [2.75, 3.05) is 25.5 Å². The molecule has 1 heterocycles. The second-order valence-corrected chi connectivity index (χ2v) is 9.12. The topological polar surface area (TPSA) is 84.9 Å². The van der Waals surface area contributed by atoms with E-state index in [1.807, 2.05) is 32.0 Å². The van der Waals surface area contributed by atoms with Crippen molar-refractivity contribution in [3.8, 4) is 5.75 Å². The molecule has 1 N–H and O–H groups in total. The molecule has 1 aliphatic rings. The predicted molar refractivity (Wildman–Crippen MR) is 111 cm³/mol. The first-order chi connectivity index (χ1) is 13.8. The van der Waals surface area contributed by atoms with E-state index in [1.54, 1.807) is 25.3 Å². The van der Waals surface area contributed by atoms with Gasteiger partial charge in [-0.2, -0.15) is 4.31 Å². The molecule has 1 aliphatic heterocycles. The molecule has 1 saturated heterocycles. The number of methoxy groups -OCH3 is 1. The fraction of sp³-hybridized carbons (Fsp3) is 0.381. The van der Waals surface area contributed by atoms with Crippen LogP contribution in [-0.4, -0.2) is 51.0 Å². The van der Waals surface area contributed by atoms with Crippen LogP contribution >= 0.6 is 0 Å². The lowest BCUT2D eigenvalue weighted by Crippen LogP contribution is -2.48. The summed E-state index contributed by atoms with van der Waals surface area (Å²) in [5, 5.41) is 2.79. The van der Waals surface area contributed by atoms with E-state index in [-0.39, 0.29) is 29.4 Å². The minimum Gasteiger partial charge on any atom is -0.497 e. The van der Waals surface area contributed by atoms with Crippen molar-refractivity contribution in [3.63, 3.8) is 0 Å². The maximum Gasteiger partial charge on any atom is 0.243 e. The molecule has 0 radical (unpaired) electrons. The van der Waals surface area contributed by atoms with Gasteiger partial charge < -0.3 is 14.8 Å². The van der Waals surface area contributed by atoms with Crippen molar-refractivity contribution >= 4 is 21.6 Å². The monoisotopic (exact) mass is 418 g/mol. The van der Waals surface area contributed by atoms with Gasteiger partial charge in [-0.3, -0.25) is 4.79 Å². The van der Waals surface area contributed by atoms with Crippen molar-refractivity contribution in [1.29, 1.82) is 0 Å². The smallest absolute Gasteiger partial charge is 0.243 e. The Morgan fingerprint density at radius 2 is 1.79 bits per heavy atom. The highest BCUT2D eigenvalue weighted by atomic mass is 32.2. The number of benzene rings is 2. The van der Waals surface area contributed by atoms with Crippen molar-refractivity contribution in [1.82, 2.24) is 4.31 Å². The second-order valence-electron chi connectivity index (χ2n) is 7.18. The first kappa shape index (κ1) is 21.3. The molecule has 156 valence electrons. The maximum atomic E-state index is 12.9. The summed E-state index contributed by atoms with van der Waals surface area (Å²) in [5.41, 5.74) is 1.37. The van der Waals surface area contributed by atoms with Crippen LogP contribution < -0.4 is 10.1 Å². The van der Waals surface area contributed by atoms with Gasteiger partial charge in [0.1, 0.15) is 5.75 Å². The summed E-state index contributed by atoms with van der Waals surface area (Å²) in [4.78, 5) is 12.5. The molecule has 2 aromatic rings. The average molecular weight is 419 g/mol. The van der Waals surface area contributed by atoms with Crippen LogP contribution in [0.4, 0.5) is 5.69 Å². The summed E-state index contributed by atoms with van der Waals surface area (Å²) in [5.74, 6) is 0.501. The average Bonchev–Trinajstić information content (AvgIpc) is 2.67. The Bertz CT molecular complexity index is 949. The molecule has 0 saturated carbocycles. The van der Waals surface area contributed by atoms with Crippen LogP contribution in [0.25, 0.3) is 0 Å². The molecule has 2 atom stereocenters. The summed E-state index contributed by atoms with van der Waals surface area (Å²) < 4.78 is 38.0. The molecule has 0 bridgehead atoms. The Morgan fingerprint density at radius 3 is 2.41 bits per heavy atom. The Morgan fingerprint density at radius 1 is 1.14 bits per heavy atom. The number of morpholine rings is 1. The molecule has 0 spiro atoms. The molecule has 1 amide bonds. The molecule has 3 rings (SSSR count). The molecule has 29 heavy (non-hydrogen) atoms. The minimum atomic E-state index is -3.60. The summed E-state index contributed by atoms with van der Waals surface area (Å²) >= 11 is 0. The van der Waals surface area contributed by atoms with E-state index in [0.717, 1.165) is 5.56 Å². The van der Waals surface area contributed by atoms with Crippen molar-refractivity contribution < 1.29 is 22.7 Å². The van der Waals surface area contributed by atoms with Crippen molar-refractivity contribution in [2.45, 2.75) is 37.4 Å². The van der Waals surface area contributed by atoms with Gasteiger partial charge in [-0.15, -0.1) is 0 Å². The van der Waals surface area contributed by atoms with Crippen LogP contribution in [0.3, 0.4) is 0 Å². The minimum absolute atomic E-state index is 0.149. The van der Waals surface area contributed by atoms with Crippen molar-refractivity contribution in [3.05, 3.63) is 54.1 Å². The number of hydrogen-bond donors (Lipinski definition) is 1. The van der Waals surface area contributed by atoms with Gasteiger partial charge in [-0.1, -0.05) is 12.1 Å². The van der Waals surface area contributed by atoms with Crippen LogP contribution in [0, 0.1) is 0 Å². The molecule has 0 unspecified atom stereocenters. The third-order valence-corrected chi connectivity index (χ3v) is 6.51. The van der Waals surface area contributed by atoms with Gasteiger partial charge in [-0.05, 0) is 55.8 Å². The van der Waals surface area contributed by atoms with Crippen LogP contribution in [0.1, 0.15) is 19.4 Å². The van der Waals surface area contributed by atoms with E-state index < -0.39 is 10.0 Å². The number of nitrogens with zero attached hydrogens (tertiary/aromatic N) is 1. The van der Waals surface area contributed by atoms with Gasteiger partial charge >= 0.3 is 0 Å². The number of amides is 1. The van der Waals surface area contributed by atoms with Crippen LogP contribution in [0.5, 0.6) is 5.75 Å². The lowest BCUT2D eigenvalue weighted by molar-refractivity contribution is -0.115. The number of ether oxygens (including phenoxy) is 2. The molecule has 1 fully saturated rings. The Kier molecular flexibility index (Phi) is 6.56. The number of nitrogens with one attached hydrogen (secondary N) is 1. The molecule has 7 nitrogen and oxygen atoms in total. The number of rotatable bonds is 6. The van der Waals surface area contributed by atoms with E-state index in [2.05, 4.69) is 5.32 Å². The summed E-state index contributed by atoms with van der Waals surface area (Å²) in [6.45, 7) is 4.37. The first-order valence-electron chi connectivity index (χ1n) is 9.46. The zero-order valence-corrected chi connectivity index (χ0v) is 17.6. The lowest BCUT2D eigenvalue weighted by atomic mass is 10.1. The number of anilines is 1. The van der Waals surface area contributed by atoms with Gasteiger partial charge in [0.25, 0.3) is 0 Å². The Balaban J connectivity index is 1.65. The number of carbonyl (C=O) groups is 1. The van der Waals surface area contributed by atoms with E-state index >= 15 is 0 Å². The summed E-state index contributed by atoms with van der Waals surface area (Å²) in [6.07, 6.45) is -0.103. The third kappa shape index (κ3) is 5.35. The van der Waals surface area contributed by atoms with E-state index in [1.165, 1.54) is 16.4 Å². The molecule has 0 aliphatic carbocycles. The van der Waals surface area contributed by atoms with E-state index in [4.69, 9.17) is 9.47 Å². The highest BCUT2D eigenvalue weighted by Gasteiger charge is 2.32. The quantitative estimate of drug-likeness (QED) is 0.780. The van der Waals surface area contributed by atoms with Gasteiger partial charge in [0.15, 0.2) is 0 Å². The van der Waals surface area contributed by atoms with Crippen LogP contribution in [-0.2, 0) is 26.0 Å². The third-order valence-electron chi connectivity index (χ3n) is 4.66. The highest BCUT2D eigenvalue weighted by molar-refractivity contribution is 7.89. The Hall–Kier alpha value is -2.42. The van der Waals surface area contributed by atoms with Crippen molar-refractivity contribution in [2.24, 2.45) is 0 Å². The summed E-state index contributed by atoms with van der Waals surface area (Å²) in [7, 11) is -2.03. The molecule has 2 aromatic carbocycles. The normalized spacial score (nSPS) is 20.2. The summed E-state index contributed by atoms with van der Waals surface area (Å²) in [6, 6.07) is 13.5. The van der Waals surface area contributed by atoms with Gasteiger partial charge in [0.05, 0.1) is 30.6 Å². The SMILES string of the molecule is COc1cccc(CC(=O)Nc2ccc(S(=O)(=O)N3C[C@@H](C)O[C@H](C)C3)cc2)c1. The van der Waals surface area contributed by atoms with Gasteiger partial charge in [0, 0.05) is 18.8 Å². The lowest BCUT2D eigenvalue weighted by Gasteiger charge is -2.34. The number of carbonyl (C=O) groups excluding carboxylic acids is 1. The Labute approximate surface area is 171 Å². The van der Waals surface area contributed by atoms with Crippen LogP contribution in [0.15, 0.2) is 53.4 Å². The second kappa shape index (κ2) is 8.94. The maximum absolute atomic E-state index is 12.9. The number of sulfonamides is 1. The number of hydrogen-bond acceptors (Lipinski definition) is 5. The fourth-order valence-corrected chi connectivity index (χ4v) is 4.95. The molecular weight excluding hydrogens is 392 g/mol. The highest BCUT2D eigenvalue weighted by Crippen LogP contribution is 2.22. The predicted octanol–water partition coefficient (Wildman–Crippen LogP) is 2.67. The van der Waals surface area contributed by atoms with E-state index in [0.29, 0.717) is 24.5 Å². The molecular formula is C21H26N2O5S. The van der Waals surface area contributed by atoms with E-state index in [9.17, 15) is 13.2 Å². The van der Waals surface area contributed by atoms with Crippen LogP contribution in [0.2, 0.25) is 0 Å².